The van der Waals surface area contributed by atoms with Gasteiger partial charge in [0.2, 0.25) is 0 Å². The average Bonchev–Trinajstić information content (AvgIpc) is 3.43. The Morgan fingerprint density at radius 2 is 2.06 bits per heavy atom. The molecular formula is C25H26N4OS. The van der Waals surface area contributed by atoms with Gasteiger partial charge in [0.25, 0.3) is 5.91 Å². The van der Waals surface area contributed by atoms with E-state index in [0.717, 1.165) is 47.6 Å². The quantitative estimate of drug-likeness (QED) is 0.614. The molecule has 0 bridgehead atoms. The standard InChI is InChI=1S/C25H26N4OS/c1-25(2,3)24-26-13-21(31-24)23(30)29-20-9-4-6-15-12-16(10-11-17(15)20)22-18-7-5-8-19(18)27-14-28-22/h5,8,10-14,20H,4,6-7,9H2,1-3H3,(H,29,30). The predicted octanol–water partition coefficient (Wildman–Crippen LogP) is 5.27. The number of hydrogen-bond acceptors (Lipinski definition) is 5. The number of allylic oxidation sites excluding steroid dienone is 1. The Hall–Kier alpha value is -2.86. The third kappa shape index (κ3) is 3.81. The van der Waals surface area contributed by atoms with Gasteiger partial charge in [0.1, 0.15) is 11.2 Å². The maximum atomic E-state index is 12.9. The summed E-state index contributed by atoms with van der Waals surface area (Å²) in [4.78, 5) is 27.0. The van der Waals surface area contributed by atoms with Gasteiger partial charge < -0.3 is 5.32 Å². The Morgan fingerprint density at radius 3 is 2.87 bits per heavy atom. The summed E-state index contributed by atoms with van der Waals surface area (Å²) in [7, 11) is 0. The van der Waals surface area contributed by atoms with E-state index in [1.165, 1.54) is 28.0 Å². The number of aromatic nitrogens is 3. The second kappa shape index (κ2) is 7.68. The van der Waals surface area contributed by atoms with E-state index in [-0.39, 0.29) is 17.4 Å². The van der Waals surface area contributed by atoms with Gasteiger partial charge in [-0.15, -0.1) is 11.3 Å². The topological polar surface area (TPSA) is 67.8 Å². The highest BCUT2D eigenvalue weighted by molar-refractivity contribution is 7.13. The highest BCUT2D eigenvalue weighted by Gasteiger charge is 2.26. The van der Waals surface area contributed by atoms with Crippen LogP contribution in [0.15, 0.2) is 36.8 Å². The van der Waals surface area contributed by atoms with E-state index in [1.54, 1.807) is 12.5 Å². The minimum Gasteiger partial charge on any atom is -0.344 e. The van der Waals surface area contributed by atoms with Gasteiger partial charge in [-0.2, -0.15) is 0 Å². The number of amides is 1. The lowest BCUT2D eigenvalue weighted by molar-refractivity contribution is 0.0936. The first-order chi connectivity index (χ1) is 14.9. The van der Waals surface area contributed by atoms with Crippen LogP contribution in [0.4, 0.5) is 0 Å². The number of fused-ring (bicyclic) bond motifs is 2. The highest BCUT2D eigenvalue weighted by Crippen LogP contribution is 2.35. The monoisotopic (exact) mass is 430 g/mol. The first-order valence-corrected chi connectivity index (χ1v) is 11.6. The minimum atomic E-state index is -0.0479. The maximum Gasteiger partial charge on any atom is 0.263 e. The molecule has 0 saturated carbocycles. The molecule has 5 rings (SSSR count). The molecule has 2 aromatic heterocycles. The van der Waals surface area contributed by atoms with Crippen molar-refractivity contribution in [2.24, 2.45) is 0 Å². The lowest BCUT2D eigenvalue weighted by Crippen LogP contribution is -2.30. The van der Waals surface area contributed by atoms with Gasteiger partial charge in [0.05, 0.1) is 28.6 Å². The lowest BCUT2D eigenvalue weighted by atomic mass is 9.85. The van der Waals surface area contributed by atoms with Crippen LogP contribution in [-0.4, -0.2) is 20.9 Å². The van der Waals surface area contributed by atoms with E-state index in [9.17, 15) is 4.79 Å². The fourth-order valence-corrected chi connectivity index (χ4v) is 5.25. The molecule has 0 spiro atoms. The Balaban J connectivity index is 1.39. The molecule has 1 amide bonds. The summed E-state index contributed by atoms with van der Waals surface area (Å²) in [5.74, 6) is -0.0328. The van der Waals surface area contributed by atoms with Crippen molar-refractivity contribution >= 4 is 23.3 Å². The van der Waals surface area contributed by atoms with Gasteiger partial charge in [-0.3, -0.25) is 4.79 Å². The molecular weight excluding hydrogens is 404 g/mol. The predicted molar refractivity (Wildman–Crippen MR) is 124 cm³/mol. The molecule has 0 fully saturated rings. The number of benzene rings is 1. The maximum absolute atomic E-state index is 12.9. The van der Waals surface area contributed by atoms with Crippen molar-refractivity contribution in [3.8, 4) is 11.3 Å². The minimum absolute atomic E-state index is 0.0308. The molecule has 2 heterocycles. The SMILES string of the molecule is CC(C)(C)c1ncc(C(=O)NC2CCCc3cc(-c4ncnc5c4CC=C5)ccc32)s1. The zero-order valence-corrected chi connectivity index (χ0v) is 18.9. The molecule has 158 valence electrons. The number of nitrogens with one attached hydrogen (secondary N) is 1. The number of aryl methyl sites for hydroxylation is 1. The molecule has 1 atom stereocenters. The highest BCUT2D eigenvalue weighted by atomic mass is 32.1. The number of thiazole rings is 1. The normalized spacial score (nSPS) is 17.3. The van der Waals surface area contributed by atoms with Crippen molar-refractivity contribution in [1.82, 2.24) is 20.3 Å². The molecule has 0 aliphatic heterocycles. The van der Waals surface area contributed by atoms with Crippen LogP contribution >= 0.6 is 11.3 Å². The molecule has 31 heavy (non-hydrogen) atoms. The second-order valence-electron chi connectivity index (χ2n) is 9.30. The number of carbonyl (C=O) groups excluding carboxylic acids is 1. The molecule has 5 nitrogen and oxygen atoms in total. The number of nitrogens with zero attached hydrogens (tertiary/aromatic N) is 3. The van der Waals surface area contributed by atoms with Gasteiger partial charge in [-0.05, 0) is 49.0 Å². The van der Waals surface area contributed by atoms with Crippen molar-refractivity contribution in [3.05, 3.63) is 69.1 Å². The number of carbonyl (C=O) groups is 1. The van der Waals surface area contributed by atoms with E-state index >= 15 is 0 Å². The van der Waals surface area contributed by atoms with E-state index in [0.29, 0.717) is 4.88 Å². The summed E-state index contributed by atoms with van der Waals surface area (Å²) in [5.41, 5.74) is 6.83. The molecule has 1 N–H and O–H groups in total. The first kappa shape index (κ1) is 20.1. The van der Waals surface area contributed by atoms with Gasteiger partial charge in [0.15, 0.2) is 0 Å². The summed E-state index contributed by atoms with van der Waals surface area (Å²) in [6.07, 6.45) is 11.5. The Kier molecular flexibility index (Phi) is 4.97. The third-order valence-electron chi connectivity index (χ3n) is 5.98. The molecule has 2 aliphatic rings. The lowest BCUT2D eigenvalue weighted by Gasteiger charge is -2.27. The van der Waals surface area contributed by atoms with E-state index in [2.05, 4.69) is 71.4 Å². The zero-order chi connectivity index (χ0) is 21.6. The van der Waals surface area contributed by atoms with Crippen molar-refractivity contribution < 1.29 is 4.79 Å². The fraction of sp³-hybridized carbons (Fsp3) is 0.360. The first-order valence-electron chi connectivity index (χ1n) is 10.8. The zero-order valence-electron chi connectivity index (χ0n) is 18.1. The van der Waals surface area contributed by atoms with Crippen LogP contribution in [0.3, 0.4) is 0 Å². The van der Waals surface area contributed by atoms with E-state index in [1.807, 2.05) is 0 Å². The molecule has 0 radical (unpaired) electrons. The van der Waals surface area contributed by atoms with Crippen LogP contribution in [0.2, 0.25) is 0 Å². The van der Waals surface area contributed by atoms with Gasteiger partial charge in [0, 0.05) is 16.5 Å². The van der Waals surface area contributed by atoms with Gasteiger partial charge in [-0.25, -0.2) is 15.0 Å². The summed E-state index contributed by atoms with van der Waals surface area (Å²) < 4.78 is 0. The van der Waals surface area contributed by atoms with E-state index in [4.69, 9.17) is 0 Å². The fourth-order valence-electron chi connectivity index (χ4n) is 4.37. The largest absolute Gasteiger partial charge is 0.344 e. The van der Waals surface area contributed by atoms with Crippen LogP contribution in [-0.2, 0) is 18.3 Å². The summed E-state index contributed by atoms with van der Waals surface area (Å²) in [5, 5.41) is 4.24. The molecule has 2 aliphatic carbocycles. The van der Waals surface area contributed by atoms with Gasteiger partial charge in [-0.1, -0.05) is 39.0 Å². The van der Waals surface area contributed by atoms with Gasteiger partial charge >= 0.3 is 0 Å². The van der Waals surface area contributed by atoms with E-state index < -0.39 is 0 Å². The average molecular weight is 431 g/mol. The van der Waals surface area contributed by atoms with Crippen molar-refractivity contribution in [1.29, 1.82) is 0 Å². The Morgan fingerprint density at radius 1 is 1.19 bits per heavy atom. The van der Waals surface area contributed by atoms with Crippen LogP contribution in [0, 0.1) is 0 Å². The Labute approximate surface area is 186 Å². The van der Waals surface area contributed by atoms with Crippen LogP contribution in [0.25, 0.3) is 17.3 Å². The smallest absolute Gasteiger partial charge is 0.263 e. The summed E-state index contributed by atoms with van der Waals surface area (Å²) >= 11 is 1.49. The Bertz CT molecular complexity index is 1190. The van der Waals surface area contributed by atoms with Crippen LogP contribution in [0.1, 0.15) is 76.7 Å². The molecule has 6 heteroatoms. The summed E-state index contributed by atoms with van der Waals surface area (Å²) in [6, 6.07) is 6.58. The molecule has 1 unspecified atom stereocenters. The van der Waals surface area contributed by atoms with Crippen LogP contribution < -0.4 is 5.32 Å². The second-order valence-corrected chi connectivity index (χ2v) is 10.3. The molecule has 3 aromatic rings. The summed E-state index contributed by atoms with van der Waals surface area (Å²) in [6.45, 7) is 6.35. The number of rotatable bonds is 3. The van der Waals surface area contributed by atoms with Crippen molar-refractivity contribution in [3.63, 3.8) is 0 Å². The van der Waals surface area contributed by atoms with Crippen molar-refractivity contribution in [2.45, 2.75) is 57.9 Å². The number of hydrogen-bond donors (Lipinski definition) is 1. The van der Waals surface area contributed by atoms with Crippen LogP contribution in [0.5, 0.6) is 0 Å². The molecule has 1 aromatic carbocycles. The molecule has 0 saturated heterocycles. The van der Waals surface area contributed by atoms with Crippen molar-refractivity contribution in [2.75, 3.05) is 0 Å². The third-order valence-corrected chi connectivity index (χ3v) is 7.41.